The zero-order chi connectivity index (χ0) is 15.4. The van der Waals surface area contributed by atoms with Gasteiger partial charge in [0.25, 0.3) is 5.91 Å². The molecule has 1 heterocycles. The number of rotatable bonds is 4. The lowest BCUT2D eigenvalue weighted by atomic mass is 10.2. The highest BCUT2D eigenvalue weighted by Crippen LogP contribution is 2.20. The Bertz CT molecular complexity index is 658. The Morgan fingerprint density at radius 1 is 1.29 bits per heavy atom. The third-order valence-electron chi connectivity index (χ3n) is 2.74. The highest BCUT2D eigenvalue weighted by molar-refractivity contribution is 6.30. The molecule has 0 saturated heterocycles. The maximum absolute atomic E-state index is 12.2. The van der Waals surface area contributed by atoms with Crippen molar-refractivity contribution in [3.63, 3.8) is 0 Å². The van der Waals surface area contributed by atoms with E-state index in [9.17, 15) is 4.79 Å². The van der Waals surface area contributed by atoms with Gasteiger partial charge in [-0.25, -0.2) is 9.97 Å². The molecule has 2 N–H and O–H groups in total. The molecule has 21 heavy (non-hydrogen) atoms. The molecule has 2 rings (SSSR count). The van der Waals surface area contributed by atoms with Gasteiger partial charge in [0.1, 0.15) is 5.69 Å². The minimum Gasteiger partial charge on any atom is -0.352 e. The molecular weight excluding hydrogens is 288 g/mol. The Morgan fingerprint density at radius 2 is 2.05 bits per heavy atom. The molecule has 0 unspecified atom stereocenters. The number of carbonyl (C=O) groups is 1. The van der Waals surface area contributed by atoms with Gasteiger partial charge in [-0.2, -0.15) is 0 Å². The zero-order valence-electron chi connectivity index (χ0n) is 12.1. The number of hydrogen-bond donors (Lipinski definition) is 2. The molecule has 0 bridgehead atoms. The van der Waals surface area contributed by atoms with Gasteiger partial charge in [0.2, 0.25) is 5.95 Å². The normalized spacial score (nSPS) is 10.5. The maximum atomic E-state index is 12.2. The highest BCUT2D eigenvalue weighted by atomic mass is 35.5. The Balaban J connectivity index is 2.16. The van der Waals surface area contributed by atoms with Crippen molar-refractivity contribution in [3.05, 3.63) is 46.7 Å². The average Bonchev–Trinajstić information content (AvgIpc) is 2.41. The first kappa shape index (κ1) is 15.3. The van der Waals surface area contributed by atoms with Gasteiger partial charge in [-0.15, -0.1) is 0 Å². The van der Waals surface area contributed by atoms with Crippen LogP contribution >= 0.6 is 11.6 Å². The second-order valence-corrected chi connectivity index (χ2v) is 5.41. The lowest BCUT2D eigenvalue weighted by Gasteiger charge is -2.10. The maximum Gasteiger partial charge on any atom is 0.274 e. The molecule has 0 aliphatic heterocycles. The minimum atomic E-state index is -0.283. The third-order valence-corrected chi connectivity index (χ3v) is 2.98. The lowest BCUT2D eigenvalue weighted by Crippen LogP contribution is -2.18. The number of amides is 1. The minimum absolute atomic E-state index is 0.196. The van der Waals surface area contributed by atoms with Crippen molar-refractivity contribution in [2.24, 2.45) is 0 Å². The number of nitrogens with one attached hydrogen (secondary N) is 2. The van der Waals surface area contributed by atoms with Crippen molar-refractivity contribution in [2.75, 3.05) is 10.6 Å². The molecule has 0 radical (unpaired) electrons. The summed E-state index contributed by atoms with van der Waals surface area (Å²) in [4.78, 5) is 20.5. The summed E-state index contributed by atoms with van der Waals surface area (Å²) in [6.07, 6.45) is 1.56. The van der Waals surface area contributed by atoms with Crippen LogP contribution in [-0.2, 0) is 0 Å². The largest absolute Gasteiger partial charge is 0.352 e. The predicted molar refractivity (Wildman–Crippen MR) is 84.9 cm³/mol. The molecule has 1 aromatic heterocycles. The molecule has 0 spiro atoms. The molecule has 6 heteroatoms. The van der Waals surface area contributed by atoms with E-state index < -0.39 is 0 Å². The SMILES string of the molecule is Cc1cc(Cl)ccc1NC(=O)c1ccnc(NC(C)C)n1. The Labute approximate surface area is 128 Å². The fraction of sp³-hybridized carbons (Fsp3) is 0.267. The molecule has 2 aromatic rings. The first-order valence-corrected chi connectivity index (χ1v) is 7.00. The van der Waals surface area contributed by atoms with E-state index in [4.69, 9.17) is 11.6 Å². The molecule has 1 aromatic carbocycles. The zero-order valence-corrected chi connectivity index (χ0v) is 12.9. The van der Waals surface area contributed by atoms with Crippen LogP contribution in [0.5, 0.6) is 0 Å². The molecule has 0 fully saturated rings. The summed E-state index contributed by atoms with van der Waals surface area (Å²) < 4.78 is 0. The van der Waals surface area contributed by atoms with Crippen molar-refractivity contribution in [3.8, 4) is 0 Å². The van der Waals surface area contributed by atoms with E-state index in [0.717, 1.165) is 5.56 Å². The summed E-state index contributed by atoms with van der Waals surface area (Å²) in [5.41, 5.74) is 1.91. The molecular formula is C15H17ClN4O. The van der Waals surface area contributed by atoms with Crippen molar-refractivity contribution in [1.82, 2.24) is 9.97 Å². The summed E-state index contributed by atoms with van der Waals surface area (Å²) >= 11 is 5.90. The van der Waals surface area contributed by atoms with E-state index in [2.05, 4.69) is 20.6 Å². The van der Waals surface area contributed by atoms with E-state index >= 15 is 0 Å². The van der Waals surface area contributed by atoms with Gasteiger partial charge in [0, 0.05) is 22.9 Å². The van der Waals surface area contributed by atoms with Crippen molar-refractivity contribution in [2.45, 2.75) is 26.8 Å². The van der Waals surface area contributed by atoms with E-state index in [1.165, 1.54) is 0 Å². The summed E-state index contributed by atoms with van der Waals surface area (Å²) in [6, 6.07) is 7.07. The molecule has 0 aliphatic rings. The van der Waals surface area contributed by atoms with E-state index in [1.807, 2.05) is 20.8 Å². The van der Waals surface area contributed by atoms with Crippen LogP contribution in [0.15, 0.2) is 30.5 Å². The van der Waals surface area contributed by atoms with Crippen LogP contribution in [-0.4, -0.2) is 21.9 Å². The molecule has 110 valence electrons. The summed E-state index contributed by atoms with van der Waals surface area (Å²) in [7, 11) is 0. The van der Waals surface area contributed by atoms with Crippen LogP contribution in [0.1, 0.15) is 29.9 Å². The second-order valence-electron chi connectivity index (χ2n) is 4.98. The monoisotopic (exact) mass is 304 g/mol. The van der Waals surface area contributed by atoms with E-state index in [1.54, 1.807) is 30.5 Å². The smallest absolute Gasteiger partial charge is 0.274 e. The Kier molecular flexibility index (Phi) is 4.75. The summed E-state index contributed by atoms with van der Waals surface area (Å²) in [6.45, 7) is 5.84. The fourth-order valence-corrected chi connectivity index (χ4v) is 1.99. The third kappa shape index (κ3) is 4.16. The van der Waals surface area contributed by atoms with Crippen molar-refractivity contribution >= 4 is 29.1 Å². The average molecular weight is 305 g/mol. The lowest BCUT2D eigenvalue weighted by molar-refractivity contribution is 0.102. The van der Waals surface area contributed by atoms with Gasteiger partial charge in [0.15, 0.2) is 0 Å². The first-order chi connectivity index (χ1) is 9.95. The first-order valence-electron chi connectivity index (χ1n) is 6.63. The number of nitrogens with zero attached hydrogens (tertiary/aromatic N) is 2. The molecule has 0 aliphatic carbocycles. The molecule has 1 amide bonds. The number of aromatic nitrogens is 2. The number of halogens is 1. The van der Waals surface area contributed by atoms with Crippen LogP contribution < -0.4 is 10.6 Å². The van der Waals surface area contributed by atoms with Gasteiger partial charge in [0.05, 0.1) is 0 Å². The summed E-state index contributed by atoms with van der Waals surface area (Å²) in [5.74, 6) is 0.153. The topological polar surface area (TPSA) is 66.9 Å². The van der Waals surface area contributed by atoms with Crippen molar-refractivity contribution in [1.29, 1.82) is 0 Å². The molecule has 0 saturated carbocycles. The van der Waals surface area contributed by atoms with Gasteiger partial charge in [-0.1, -0.05) is 11.6 Å². The predicted octanol–water partition coefficient (Wildman–Crippen LogP) is 3.51. The van der Waals surface area contributed by atoms with Crippen LogP contribution in [0.4, 0.5) is 11.6 Å². The standard InChI is InChI=1S/C15H17ClN4O/c1-9(2)18-15-17-7-6-13(20-15)14(21)19-12-5-4-11(16)8-10(12)3/h4-9H,1-3H3,(H,19,21)(H,17,18,20). The Morgan fingerprint density at radius 3 is 2.71 bits per heavy atom. The van der Waals surface area contributed by atoms with E-state index in [-0.39, 0.29) is 11.9 Å². The number of hydrogen-bond acceptors (Lipinski definition) is 4. The van der Waals surface area contributed by atoms with Crippen LogP contribution in [0.2, 0.25) is 5.02 Å². The van der Waals surface area contributed by atoms with Gasteiger partial charge < -0.3 is 10.6 Å². The molecule has 0 atom stereocenters. The van der Waals surface area contributed by atoms with Crippen LogP contribution in [0, 0.1) is 6.92 Å². The quantitative estimate of drug-likeness (QED) is 0.907. The number of carbonyl (C=O) groups excluding carboxylic acids is 1. The molecule has 5 nitrogen and oxygen atoms in total. The van der Waals surface area contributed by atoms with Gasteiger partial charge >= 0.3 is 0 Å². The van der Waals surface area contributed by atoms with E-state index in [0.29, 0.717) is 22.4 Å². The fourth-order valence-electron chi connectivity index (χ4n) is 1.77. The summed E-state index contributed by atoms with van der Waals surface area (Å²) in [5, 5.41) is 6.52. The number of anilines is 2. The second kappa shape index (κ2) is 6.54. The van der Waals surface area contributed by atoms with Gasteiger partial charge in [-0.3, -0.25) is 4.79 Å². The van der Waals surface area contributed by atoms with Crippen LogP contribution in [0.25, 0.3) is 0 Å². The van der Waals surface area contributed by atoms with Gasteiger partial charge in [-0.05, 0) is 50.6 Å². The Hall–Kier alpha value is -2.14. The number of aryl methyl sites for hydroxylation is 1. The highest BCUT2D eigenvalue weighted by Gasteiger charge is 2.11. The van der Waals surface area contributed by atoms with Crippen LogP contribution in [0.3, 0.4) is 0 Å². The number of benzene rings is 1. The van der Waals surface area contributed by atoms with Crippen molar-refractivity contribution < 1.29 is 4.79 Å².